The average Bonchev–Trinajstić information content (AvgIpc) is 2.40. The van der Waals surface area contributed by atoms with E-state index < -0.39 is 49.2 Å². The fraction of sp³-hybridized carbons (Fsp3) is 0.0909. The zero-order valence-corrected chi connectivity index (χ0v) is 10.5. The van der Waals surface area contributed by atoms with Gasteiger partial charge in [0.2, 0.25) is 9.84 Å². The molecule has 1 aromatic heterocycles. The van der Waals surface area contributed by atoms with Gasteiger partial charge in [0.25, 0.3) is 5.56 Å². The van der Waals surface area contributed by atoms with Crippen LogP contribution in [-0.4, -0.2) is 18.6 Å². The van der Waals surface area contributed by atoms with Gasteiger partial charge in [-0.1, -0.05) is 6.07 Å². The van der Waals surface area contributed by atoms with Gasteiger partial charge in [-0.25, -0.2) is 26.7 Å². The van der Waals surface area contributed by atoms with Gasteiger partial charge in [0.1, 0.15) is 0 Å². The Hall–Kier alpha value is -2.16. The summed E-state index contributed by atoms with van der Waals surface area (Å²) in [6, 6.07) is 3.33. The number of aromatic nitrogens is 2. The number of halogens is 3. The van der Waals surface area contributed by atoms with Crippen molar-refractivity contribution in [2.75, 3.05) is 0 Å². The molecule has 2 rings (SSSR count). The van der Waals surface area contributed by atoms with Crippen molar-refractivity contribution in [3.8, 4) is 0 Å². The predicted octanol–water partition coefficient (Wildman–Crippen LogP) is 1.16. The molecule has 5 nitrogen and oxygen atoms in total. The molecule has 9 heteroatoms. The lowest BCUT2D eigenvalue weighted by Crippen LogP contribution is -2.14. The fourth-order valence-corrected chi connectivity index (χ4v) is 2.70. The molecule has 1 heterocycles. The standard InChI is InChI=1S/C11H7F3N2O3S/c12-7-2-1-6(10(13)11(7)14)5-20(18,19)9-4-3-8(17)15-16-9/h1-4H,5H2,(H,15,17). The third-order valence-corrected chi connectivity index (χ3v) is 3.99. The minimum atomic E-state index is -4.09. The lowest BCUT2D eigenvalue weighted by molar-refractivity contribution is 0.442. The smallest absolute Gasteiger partial charge is 0.264 e. The number of sulfone groups is 1. The Morgan fingerprint density at radius 1 is 1.05 bits per heavy atom. The number of benzene rings is 1. The van der Waals surface area contributed by atoms with Gasteiger partial charge in [-0.05, 0) is 12.1 Å². The van der Waals surface area contributed by atoms with Gasteiger partial charge in [-0.3, -0.25) is 4.79 Å². The van der Waals surface area contributed by atoms with Crippen molar-refractivity contribution in [1.82, 2.24) is 10.2 Å². The van der Waals surface area contributed by atoms with Crippen LogP contribution < -0.4 is 5.56 Å². The van der Waals surface area contributed by atoms with E-state index in [1.807, 2.05) is 5.10 Å². The first-order valence-electron chi connectivity index (χ1n) is 5.22. The van der Waals surface area contributed by atoms with Gasteiger partial charge in [0.05, 0.1) is 5.75 Å². The van der Waals surface area contributed by atoms with Crippen molar-refractivity contribution in [2.45, 2.75) is 10.8 Å². The molecule has 2 aromatic rings. The molecule has 0 saturated carbocycles. The molecule has 0 spiro atoms. The van der Waals surface area contributed by atoms with E-state index in [1.54, 1.807) is 0 Å². The van der Waals surface area contributed by atoms with Crippen LogP contribution in [0.5, 0.6) is 0 Å². The molecule has 0 bridgehead atoms. The van der Waals surface area contributed by atoms with E-state index in [9.17, 15) is 26.4 Å². The van der Waals surface area contributed by atoms with Crippen molar-refractivity contribution in [3.63, 3.8) is 0 Å². The highest BCUT2D eigenvalue weighted by Crippen LogP contribution is 2.19. The normalized spacial score (nSPS) is 11.6. The Balaban J connectivity index is 2.41. The summed E-state index contributed by atoms with van der Waals surface area (Å²) in [4.78, 5) is 10.8. The van der Waals surface area contributed by atoms with Crippen molar-refractivity contribution >= 4 is 9.84 Å². The Morgan fingerprint density at radius 3 is 2.35 bits per heavy atom. The maximum absolute atomic E-state index is 13.4. The van der Waals surface area contributed by atoms with Crippen LogP contribution in [0.3, 0.4) is 0 Å². The van der Waals surface area contributed by atoms with Crippen LogP contribution in [-0.2, 0) is 15.6 Å². The third-order valence-electron chi connectivity index (χ3n) is 2.43. The molecule has 1 N–H and O–H groups in total. The SMILES string of the molecule is O=c1ccc(S(=O)(=O)Cc2ccc(F)c(F)c2F)n[nH]1. The summed E-state index contributed by atoms with van der Waals surface area (Å²) in [7, 11) is -4.09. The zero-order valence-electron chi connectivity index (χ0n) is 9.73. The number of nitrogens with one attached hydrogen (secondary N) is 1. The number of aromatic amines is 1. The van der Waals surface area contributed by atoms with E-state index in [-0.39, 0.29) is 0 Å². The second-order valence-electron chi connectivity index (χ2n) is 3.85. The maximum Gasteiger partial charge on any atom is 0.264 e. The second kappa shape index (κ2) is 5.08. The van der Waals surface area contributed by atoms with E-state index in [0.29, 0.717) is 6.07 Å². The lowest BCUT2D eigenvalue weighted by atomic mass is 10.2. The number of nitrogens with zero attached hydrogens (tertiary/aromatic N) is 1. The van der Waals surface area contributed by atoms with Crippen molar-refractivity contribution < 1.29 is 21.6 Å². The number of H-pyrrole nitrogens is 1. The predicted molar refractivity (Wildman–Crippen MR) is 62.1 cm³/mol. The van der Waals surface area contributed by atoms with E-state index in [2.05, 4.69) is 5.10 Å². The molecule has 0 amide bonds. The van der Waals surface area contributed by atoms with E-state index in [0.717, 1.165) is 18.2 Å². The minimum Gasteiger partial charge on any atom is -0.268 e. The van der Waals surface area contributed by atoms with Crippen LogP contribution in [0, 0.1) is 17.5 Å². The fourth-order valence-electron chi connectivity index (χ4n) is 1.46. The Bertz CT molecular complexity index is 798. The van der Waals surface area contributed by atoms with Crippen LogP contribution in [0.2, 0.25) is 0 Å². The Labute approximate surface area is 111 Å². The molecule has 0 aliphatic carbocycles. The summed E-state index contributed by atoms with van der Waals surface area (Å²) in [6.45, 7) is 0. The zero-order chi connectivity index (χ0) is 14.9. The number of hydrogen-bond donors (Lipinski definition) is 1. The molecule has 0 aliphatic heterocycles. The molecule has 0 radical (unpaired) electrons. The van der Waals surface area contributed by atoms with Crippen molar-refractivity contribution in [3.05, 3.63) is 57.6 Å². The van der Waals surface area contributed by atoms with Crippen molar-refractivity contribution in [1.29, 1.82) is 0 Å². The molecule has 106 valence electrons. The monoisotopic (exact) mass is 304 g/mol. The molecule has 0 aliphatic rings. The molecular weight excluding hydrogens is 297 g/mol. The molecular formula is C11H7F3N2O3S. The van der Waals surface area contributed by atoms with Gasteiger partial charge in [0.15, 0.2) is 22.5 Å². The quantitative estimate of drug-likeness (QED) is 0.863. The Kier molecular flexibility index (Phi) is 3.62. The van der Waals surface area contributed by atoms with E-state index in [4.69, 9.17) is 0 Å². The molecule has 0 saturated heterocycles. The average molecular weight is 304 g/mol. The van der Waals surface area contributed by atoms with Crippen molar-refractivity contribution in [2.24, 2.45) is 0 Å². The van der Waals surface area contributed by atoms with Gasteiger partial charge >= 0.3 is 0 Å². The maximum atomic E-state index is 13.4. The first-order valence-corrected chi connectivity index (χ1v) is 6.87. The van der Waals surface area contributed by atoms with Crippen LogP contribution in [0.4, 0.5) is 13.2 Å². The molecule has 0 atom stereocenters. The Morgan fingerprint density at radius 2 is 1.75 bits per heavy atom. The van der Waals surface area contributed by atoms with Crippen LogP contribution in [0.15, 0.2) is 34.1 Å². The molecule has 0 unspecified atom stereocenters. The highest BCUT2D eigenvalue weighted by atomic mass is 32.2. The van der Waals surface area contributed by atoms with E-state index >= 15 is 0 Å². The van der Waals surface area contributed by atoms with Gasteiger partial charge in [-0.2, -0.15) is 5.10 Å². The number of rotatable bonds is 3. The number of hydrogen-bond acceptors (Lipinski definition) is 4. The highest BCUT2D eigenvalue weighted by molar-refractivity contribution is 7.90. The molecule has 1 aromatic carbocycles. The summed E-state index contributed by atoms with van der Waals surface area (Å²) >= 11 is 0. The van der Waals surface area contributed by atoms with Crippen LogP contribution in [0.25, 0.3) is 0 Å². The first kappa shape index (κ1) is 14.3. The van der Waals surface area contributed by atoms with E-state index in [1.165, 1.54) is 0 Å². The summed E-state index contributed by atoms with van der Waals surface area (Å²) in [6.07, 6.45) is 0. The van der Waals surface area contributed by atoms with Crippen LogP contribution >= 0.6 is 0 Å². The molecule has 20 heavy (non-hydrogen) atoms. The lowest BCUT2D eigenvalue weighted by Gasteiger charge is -2.05. The summed E-state index contributed by atoms with van der Waals surface area (Å²) in [5, 5.41) is 4.72. The second-order valence-corrected chi connectivity index (χ2v) is 5.79. The van der Waals surface area contributed by atoms with Gasteiger partial charge in [-0.15, -0.1) is 0 Å². The summed E-state index contributed by atoms with van der Waals surface area (Å²) in [5.41, 5.74) is -1.14. The first-order chi connectivity index (χ1) is 9.31. The third kappa shape index (κ3) is 2.72. The topological polar surface area (TPSA) is 79.9 Å². The molecule has 0 fully saturated rings. The minimum absolute atomic E-state index is 0.499. The highest BCUT2D eigenvalue weighted by Gasteiger charge is 2.22. The van der Waals surface area contributed by atoms with Crippen LogP contribution in [0.1, 0.15) is 5.56 Å². The summed E-state index contributed by atoms with van der Waals surface area (Å²) < 4.78 is 63.0. The summed E-state index contributed by atoms with van der Waals surface area (Å²) in [5.74, 6) is -5.63. The van der Waals surface area contributed by atoms with Gasteiger partial charge in [0, 0.05) is 11.6 Å². The largest absolute Gasteiger partial charge is 0.268 e. The van der Waals surface area contributed by atoms with Gasteiger partial charge < -0.3 is 0 Å².